The molecule has 0 aliphatic carbocycles. The molecule has 1 saturated heterocycles. The van der Waals surface area contributed by atoms with E-state index in [-0.39, 0.29) is 11.8 Å². The Kier molecular flexibility index (Phi) is 3.87. The number of aromatic nitrogens is 1. The molecule has 0 saturated carbocycles. The van der Waals surface area contributed by atoms with Gasteiger partial charge in [-0.05, 0) is 23.8 Å². The van der Waals surface area contributed by atoms with Crippen molar-refractivity contribution in [2.24, 2.45) is 5.92 Å². The number of nitrogens with zero attached hydrogens (tertiary/aromatic N) is 2. The molecule has 20 heavy (non-hydrogen) atoms. The predicted molar refractivity (Wildman–Crippen MR) is 81.1 cm³/mol. The van der Waals surface area contributed by atoms with E-state index in [0.717, 1.165) is 17.0 Å². The van der Waals surface area contributed by atoms with Gasteiger partial charge in [-0.1, -0.05) is 6.92 Å². The first kappa shape index (κ1) is 13.7. The zero-order valence-corrected chi connectivity index (χ0v) is 12.8. The minimum Gasteiger partial charge on any atom is -0.391 e. The Morgan fingerprint density at radius 1 is 1.55 bits per heavy atom. The van der Waals surface area contributed by atoms with Gasteiger partial charge in [0.2, 0.25) is 0 Å². The van der Waals surface area contributed by atoms with Crippen molar-refractivity contribution >= 4 is 28.6 Å². The van der Waals surface area contributed by atoms with Crippen molar-refractivity contribution in [2.45, 2.75) is 19.4 Å². The molecule has 6 heteroatoms. The predicted octanol–water partition coefficient (Wildman–Crippen LogP) is 2.71. The van der Waals surface area contributed by atoms with Crippen LogP contribution in [0.4, 0.5) is 0 Å². The van der Waals surface area contributed by atoms with Crippen LogP contribution < -0.4 is 0 Å². The normalized spacial score (nSPS) is 23.0. The van der Waals surface area contributed by atoms with E-state index in [0.29, 0.717) is 18.0 Å². The van der Waals surface area contributed by atoms with Crippen LogP contribution in [0.3, 0.4) is 0 Å². The summed E-state index contributed by atoms with van der Waals surface area (Å²) in [5.74, 6) is 0.247. The molecule has 1 fully saturated rings. The number of carbonyl (C=O) groups is 1. The fraction of sp³-hybridized carbons (Fsp3) is 0.429. The van der Waals surface area contributed by atoms with Crippen molar-refractivity contribution in [3.8, 4) is 10.6 Å². The maximum Gasteiger partial charge on any atom is 0.265 e. The number of thiazole rings is 1. The Bertz CT molecular complexity index is 594. The third-order valence-electron chi connectivity index (χ3n) is 3.69. The molecule has 1 aliphatic heterocycles. The molecular formula is C14H16N2O2S2. The Morgan fingerprint density at radius 3 is 3.10 bits per heavy atom. The Balaban J connectivity index is 1.75. The van der Waals surface area contributed by atoms with E-state index in [4.69, 9.17) is 0 Å². The van der Waals surface area contributed by atoms with Crippen LogP contribution >= 0.6 is 22.7 Å². The van der Waals surface area contributed by atoms with Gasteiger partial charge in [-0.2, -0.15) is 11.3 Å². The molecule has 0 aromatic carbocycles. The number of aliphatic hydroxyl groups is 1. The number of aliphatic hydroxyl groups excluding tert-OH is 1. The average molecular weight is 308 g/mol. The van der Waals surface area contributed by atoms with Crippen LogP contribution in [0.25, 0.3) is 10.6 Å². The summed E-state index contributed by atoms with van der Waals surface area (Å²) >= 11 is 3.04. The quantitative estimate of drug-likeness (QED) is 0.928. The summed E-state index contributed by atoms with van der Waals surface area (Å²) in [6.45, 7) is 3.16. The van der Waals surface area contributed by atoms with Crippen molar-refractivity contribution in [2.75, 3.05) is 13.1 Å². The second-order valence-electron chi connectivity index (χ2n) is 5.13. The molecule has 4 nitrogen and oxygen atoms in total. The van der Waals surface area contributed by atoms with Crippen molar-refractivity contribution in [3.63, 3.8) is 0 Å². The maximum absolute atomic E-state index is 12.4. The summed E-state index contributed by atoms with van der Waals surface area (Å²) in [5, 5.41) is 14.8. The van der Waals surface area contributed by atoms with Gasteiger partial charge < -0.3 is 10.0 Å². The molecule has 1 N–H and O–H groups in total. The van der Waals surface area contributed by atoms with Crippen LogP contribution in [0, 0.1) is 5.92 Å². The minimum absolute atomic E-state index is 0.0186. The summed E-state index contributed by atoms with van der Waals surface area (Å²) in [7, 11) is 0. The number of likely N-dealkylation sites (tertiary alicyclic amines) is 1. The standard InChI is InChI=1S/C14H16N2O2S2/c1-9-2-4-16(7-11(9)17)14(18)12-6-15-13(20-12)10-3-5-19-8-10/h3,5-6,8-9,11,17H,2,4,7H2,1H3. The zero-order chi connectivity index (χ0) is 14.1. The van der Waals surface area contributed by atoms with Gasteiger partial charge in [0.1, 0.15) is 9.88 Å². The Morgan fingerprint density at radius 2 is 2.40 bits per heavy atom. The van der Waals surface area contributed by atoms with Crippen LogP contribution in [-0.4, -0.2) is 40.1 Å². The summed E-state index contributed by atoms with van der Waals surface area (Å²) in [4.78, 5) is 19.1. The van der Waals surface area contributed by atoms with Gasteiger partial charge in [0.15, 0.2) is 0 Å². The summed E-state index contributed by atoms with van der Waals surface area (Å²) in [5.41, 5.74) is 1.06. The van der Waals surface area contributed by atoms with Gasteiger partial charge in [-0.15, -0.1) is 11.3 Å². The second-order valence-corrected chi connectivity index (χ2v) is 6.94. The van der Waals surface area contributed by atoms with Crippen LogP contribution in [0.2, 0.25) is 0 Å². The highest BCUT2D eigenvalue weighted by molar-refractivity contribution is 7.17. The number of thiophene rings is 1. The molecule has 0 radical (unpaired) electrons. The Hall–Kier alpha value is -1.24. The van der Waals surface area contributed by atoms with E-state index in [1.54, 1.807) is 22.4 Å². The molecule has 3 heterocycles. The van der Waals surface area contributed by atoms with Crippen molar-refractivity contribution in [1.29, 1.82) is 0 Å². The van der Waals surface area contributed by atoms with Crippen LogP contribution in [0.5, 0.6) is 0 Å². The number of piperidine rings is 1. The van der Waals surface area contributed by atoms with Crippen molar-refractivity contribution in [3.05, 3.63) is 27.9 Å². The summed E-state index contributed by atoms with van der Waals surface area (Å²) in [6.07, 6.45) is 2.07. The molecule has 2 unspecified atom stereocenters. The zero-order valence-electron chi connectivity index (χ0n) is 11.2. The highest BCUT2D eigenvalue weighted by atomic mass is 32.1. The van der Waals surface area contributed by atoms with E-state index in [1.165, 1.54) is 11.3 Å². The number of rotatable bonds is 2. The molecule has 106 valence electrons. The monoisotopic (exact) mass is 308 g/mol. The highest BCUT2D eigenvalue weighted by Crippen LogP contribution is 2.28. The molecular weight excluding hydrogens is 292 g/mol. The van der Waals surface area contributed by atoms with Gasteiger partial charge in [0.25, 0.3) is 5.91 Å². The van der Waals surface area contributed by atoms with Crippen molar-refractivity contribution in [1.82, 2.24) is 9.88 Å². The number of hydrogen-bond donors (Lipinski definition) is 1. The molecule has 3 rings (SSSR count). The highest BCUT2D eigenvalue weighted by Gasteiger charge is 2.28. The average Bonchev–Trinajstić information content (AvgIpc) is 3.11. The lowest BCUT2D eigenvalue weighted by Crippen LogP contribution is -2.45. The van der Waals surface area contributed by atoms with Crippen molar-refractivity contribution < 1.29 is 9.90 Å². The number of β-amino-alcohol motifs (C(OH)–C–C–N with tert-alkyl or cyclic N) is 1. The van der Waals surface area contributed by atoms with E-state index in [2.05, 4.69) is 4.98 Å². The lowest BCUT2D eigenvalue weighted by Gasteiger charge is -2.33. The fourth-order valence-electron chi connectivity index (χ4n) is 2.28. The molecule has 2 aromatic heterocycles. The van der Waals surface area contributed by atoms with E-state index in [1.807, 2.05) is 23.8 Å². The third-order valence-corrected chi connectivity index (χ3v) is 5.41. The number of amides is 1. The van der Waals surface area contributed by atoms with Gasteiger partial charge in [0.05, 0.1) is 12.3 Å². The van der Waals surface area contributed by atoms with E-state index >= 15 is 0 Å². The van der Waals surface area contributed by atoms with Gasteiger partial charge >= 0.3 is 0 Å². The molecule has 0 bridgehead atoms. The molecule has 1 amide bonds. The molecule has 2 atom stereocenters. The first-order chi connectivity index (χ1) is 9.65. The molecule has 2 aromatic rings. The lowest BCUT2D eigenvalue weighted by molar-refractivity contribution is 0.0251. The molecule has 1 aliphatic rings. The summed E-state index contributed by atoms with van der Waals surface area (Å²) in [6, 6.07) is 2.00. The number of carbonyl (C=O) groups excluding carboxylic acids is 1. The fourth-order valence-corrected chi connectivity index (χ4v) is 3.88. The van der Waals surface area contributed by atoms with E-state index < -0.39 is 6.10 Å². The smallest absolute Gasteiger partial charge is 0.265 e. The summed E-state index contributed by atoms with van der Waals surface area (Å²) < 4.78 is 0. The molecule has 0 spiro atoms. The van der Waals surface area contributed by atoms with Gasteiger partial charge in [0, 0.05) is 24.0 Å². The van der Waals surface area contributed by atoms with E-state index in [9.17, 15) is 9.90 Å². The van der Waals surface area contributed by atoms with Gasteiger partial charge in [-0.25, -0.2) is 4.98 Å². The largest absolute Gasteiger partial charge is 0.391 e. The SMILES string of the molecule is CC1CCN(C(=O)c2cnc(-c3ccsc3)s2)CC1O. The van der Waals surface area contributed by atoms with Crippen LogP contribution in [0.1, 0.15) is 23.0 Å². The van der Waals surface area contributed by atoms with Gasteiger partial charge in [-0.3, -0.25) is 4.79 Å². The lowest BCUT2D eigenvalue weighted by atomic mass is 9.96. The van der Waals surface area contributed by atoms with Crippen LogP contribution in [-0.2, 0) is 0 Å². The maximum atomic E-state index is 12.4. The first-order valence-corrected chi connectivity index (χ1v) is 8.37. The third kappa shape index (κ3) is 2.63. The van der Waals surface area contributed by atoms with Crippen LogP contribution in [0.15, 0.2) is 23.0 Å². The minimum atomic E-state index is -0.419. The Labute approximate surface area is 125 Å². The topological polar surface area (TPSA) is 53.4 Å². The second kappa shape index (κ2) is 5.63. The first-order valence-electron chi connectivity index (χ1n) is 6.61. The number of hydrogen-bond acceptors (Lipinski definition) is 5.